The molecule has 0 fully saturated rings. The molecule has 9 heteroatoms. The summed E-state index contributed by atoms with van der Waals surface area (Å²) in [6, 6.07) is 15.5. The van der Waals surface area contributed by atoms with Crippen molar-refractivity contribution < 1.29 is 55.1 Å². The molecule has 0 saturated heterocycles. The Morgan fingerprint density at radius 2 is 1.03 bits per heavy atom. The van der Waals surface area contributed by atoms with E-state index in [1.807, 2.05) is 0 Å². The maximum absolute atomic E-state index is 11.9. The second-order valence-electron chi connectivity index (χ2n) is 7.54. The van der Waals surface area contributed by atoms with Gasteiger partial charge in [0.2, 0.25) is 0 Å². The van der Waals surface area contributed by atoms with Crippen LogP contribution in [-0.2, 0) is 24.4 Å². The first kappa shape index (κ1) is 32.3. The maximum atomic E-state index is 11.9. The topological polar surface area (TPSA) is 101 Å². The standard InChI is InChI=1S/C18H30O3S.C6H6O3S.Na/c1-2-3-4-5-6-7-8-9-10-14-17-21-22(19,20)18-15-12-11-13-16-18;7-10(8,9)6-4-2-1-3-5-6;/h11-13,15-16H,2-10,14,17H2,1H3;1-5H,(H,7,8,9);/q;;+1/p-1. The van der Waals surface area contributed by atoms with Crippen LogP contribution < -0.4 is 29.6 Å². The minimum absolute atomic E-state index is 0. The summed E-state index contributed by atoms with van der Waals surface area (Å²) in [5.41, 5.74) is 0. The van der Waals surface area contributed by atoms with Gasteiger partial charge < -0.3 is 4.55 Å². The Morgan fingerprint density at radius 3 is 1.42 bits per heavy atom. The van der Waals surface area contributed by atoms with E-state index in [2.05, 4.69) is 6.92 Å². The number of benzene rings is 2. The van der Waals surface area contributed by atoms with E-state index in [9.17, 15) is 21.4 Å². The van der Waals surface area contributed by atoms with E-state index < -0.39 is 20.2 Å². The predicted octanol–water partition coefficient (Wildman–Crippen LogP) is 2.91. The molecule has 0 aromatic heterocycles. The Morgan fingerprint density at radius 1 is 0.636 bits per heavy atom. The summed E-state index contributed by atoms with van der Waals surface area (Å²) in [6.07, 6.45) is 12.3. The van der Waals surface area contributed by atoms with E-state index in [0.29, 0.717) is 0 Å². The van der Waals surface area contributed by atoms with Crippen LogP contribution in [0, 0.1) is 0 Å². The van der Waals surface area contributed by atoms with Crippen molar-refractivity contribution in [2.75, 3.05) is 6.61 Å². The molecular weight excluding hydrogens is 471 g/mol. The summed E-state index contributed by atoms with van der Waals surface area (Å²) in [7, 11) is -7.82. The molecule has 0 N–H and O–H groups in total. The molecule has 2 rings (SSSR count). The van der Waals surface area contributed by atoms with Crippen LogP contribution in [0.3, 0.4) is 0 Å². The zero-order valence-corrected chi connectivity index (χ0v) is 23.5. The normalized spacial score (nSPS) is 11.2. The minimum atomic E-state index is -4.25. The Balaban J connectivity index is 0.000000779. The van der Waals surface area contributed by atoms with Gasteiger partial charge >= 0.3 is 29.6 Å². The van der Waals surface area contributed by atoms with Crippen molar-refractivity contribution in [3.8, 4) is 0 Å². The predicted molar refractivity (Wildman–Crippen MR) is 126 cm³/mol. The molecule has 0 aliphatic rings. The third kappa shape index (κ3) is 15.7. The van der Waals surface area contributed by atoms with Gasteiger partial charge in [0.1, 0.15) is 10.1 Å². The van der Waals surface area contributed by atoms with E-state index in [0.717, 1.165) is 12.8 Å². The number of hydrogen-bond acceptors (Lipinski definition) is 6. The fourth-order valence-electron chi connectivity index (χ4n) is 3.00. The van der Waals surface area contributed by atoms with Crippen molar-refractivity contribution in [3.63, 3.8) is 0 Å². The van der Waals surface area contributed by atoms with Gasteiger partial charge in [0.25, 0.3) is 10.1 Å². The van der Waals surface area contributed by atoms with Crippen LogP contribution in [0.4, 0.5) is 0 Å². The van der Waals surface area contributed by atoms with Gasteiger partial charge in [0, 0.05) is 0 Å². The average Bonchev–Trinajstić information content (AvgIpc) is 2.78. The average molecular weight is 507 g/mol. The molecule has 0 heterocycles. The summed E-state index contributed by atoms with van der Waals surface area (Å²) in [5, 5.41) is 0. The third-order valence-corrected chi connectivity index (χ3v) is 6.98. The summed E-state index contributed by atoms with van der Waals surface area (Å²) >= 11 is 0. The maximum Gasteiger partial charge on any atom is 1.00 e. The first-order valence-electron chi connectivity index (χ1n) is 11.2. The fraction of sp³-hybridized carbons (Fsp3) is 0.500. The Kier molecular flexibility index (Phi) is 18.2. The van der Waals surface area contributed by atoms with Gasteiger partial charge in [-0.2, -0.15) is 8.42 Å². The van der Waals surface area contributed by atoms with Gasteiger partial charge in [0.15, 0.2) is 0 Å². The Labute approximate surface area is 222 Å². The molecule has 0 unspecified atom stereocenters. The van der Waals surface area contributed by atoms with Gasteiger partial charge in [-0.15, -0.1) is 0 Å². The van der Waals surface area contributed by atoms with Crippen molar-refractivity contribution in [2.45, 2.75) is 80.9 Å². The van der Waals surface area contributed by atoms with Crippen LogP contribution in [0.1, 0.15) is 71.1 Å². The molecule has 0 spiro atoms. The van der Waals surface area contributed by atoms with E-state index in [1.54, 1.807) is 36.4 Å². The smallest absolute Gasteiger partial charge is 0.744 e. The molecule has 0 aliphatic carbocycles. The second kappa shape index (κ2) is 18.6. The van der Waals surface area contributed by atoms with E-state index in [-0.39, 0.29) is 46.0 Å². The van der Waals surface area contributed by atoms with Gasteiger partial charge in [-0.3, -0.25) is 4.18 Å². The number of hydrogen-bond donors (Lipinski definition) is 0. The SMILES string of the molecule is CCCCCCCCCCCCOS(=O)(=O)c1ccccc1.O=S(=O)([O-])c1ccccc1.[Na+]. The third-order valence-electron chi connectivity index (χ3n) is 4.80. The van der Waals surface area contributed by atoms with Crippen LogP contribution in [-0.4, -0.2) is 28.0 Å². The first-order valence-corrected chi connectivity index (χ1v) is 14.0. The van der Waals surface area contributed by atoms with Crippen molar-refractivity contribution in [2.24, 2.45) is 0 Å². The molecule has 2 aromatic carbocycles. The molecular formula is C24H35NaO6S2. The van der Waals surface area contributed by atoms with Crippen LogP contribution in [0.5, 0.6) is 0 Å². The summed E-state index contributed by atoms with van der Waals surface area (Å²) in [4.78, 5) is 0.0529. The fourth-order valence-corrected chi connectivity index (χ4v) is 4.45. The minimum Gasteiger partial charge on any atom is -0.744 e. The molecule has 0 bridgehead atoms. The van der Waals surface area contributed by atoms with Gasteiger partial charge in [-0.05, 0) is 30.7 Å². The molecule has 0 atom stereocenters. The molecule has 2 aromatic rings. The zero-order valence-electron chi connectivity index (χ0n) is 19.8. The van der Waals surface area contributed by atoms with E-state index >= 15 is 0 Å². The van der Waals surface area contributed by atoms with Crippen LogP contribution >= 0.6 is 0 Å². The second-order valence-corrected chi connectivity index (χ2v) is 10.5. The summed E-state index contributed by atoms with van der Waals surface area (Å²) in [5.74, 6) is 0. The van der Waals surface area contributed by atoms with Crippen molar-refractivity contribution in [1.82, 2.24) is 0 Å². The van der Waals surface area contributed by atoms with Crippen molar-refractivity contribution >= 4 is 20.2 Å². The quantitative estimate of drug-likeness (QED) is 0.169. The summed E-state index contributed by atoms with van der Waals surface area (Å²) < 4.78 is 59.6. The monoisotopic (exact) mass is 506 g/mol. The van der Waals surface area contributed by atoms with Crippen molar-refractivity contribution in [3.05, 3.63) is 60.7 Å². The molecule has 0 radical (unpaired) electrons. The first-order chi connectivity index (χ1) is 15.3. The Bertz CT molecular complexity index is 933. The Hall–Kier alpha value is -0.740. The summed E-state index contributed by atoms with van der Waals surface area (Å²) in [6.45, 7) is 2.52. The van der Waals surface area contributed by atoms with Crippen LogP contribution in [0.2, 0.25) is 0 Å². The largest absolute Gasteiger partial charge is 1.00 e. The molecule has 0 amide bonds. The van der Waals surface area contributed by atoms with Gasteiger partial charge in [-0.25, -0.2) is 8.42 Å². The van der Waals surface area contributed by atoms with Crippen molar-refractivity contribution in [1.29, 1.82) is 0 Å². The van der Waals surface area contributed by atoms with Gasteiger partial charge in [0.05, 0.1) is 16.4 Å². The van der Waals surface area contributed by atoms with Crippen LogP contribution in [0.15, 0.2) is 70.5 Å². The molecule has 180 valence electrons. The molecule has 0 saturated carbocycles. The number of unbranched alkanes of at least 4 members (excludes halogenated alkanes) is 9. The van der Waals surface area contributed by atoms with Gasteiger partial charge in [-0.1, -0.05) is 101 Å². The molecule has 0 aliphatic heterocycles. The van der Waals surface area contributed by atoms with E-state index in [4.69, 9.17) is 4.18 Å². The van der Waals surface area contributed by atoms with E-state index in [1.165, 1.54) is 75.6 Å². The van der Waals surface area contributed by atoms with Crippen LogP contribution in [0.25, 0.3) is 0 Å². The molecule has 33 heavy (non-hydrogen) atoms. The zero-order chi connectivity index (χ0) is 23.7. The number of rotatable bonds is 14. The molecule has 6 nitrogen and oxygen atoms in total.